The summed E-state index contributed by atoms with van der Waals surface area (Å²) < 4.78 is 5.53. The number of carbonyl (C=O) groups is 1. The van der Waals surface area contributed by atoms with Crippen molar-refractivity contribution in [2.24, 2.45) is 0 Å². The summed E-state index contributed by atoms with van der Waals surface area (Å²) >= 11 is 0. The molecule has 1 fully saturated rings. The molecule has 0 aliphatic carbocycles. The number of aromatic amines is 1. The van der Waals surface area contributed by atoms with Crippen LogP contribution in [0.5, 0.6) is 0 Å². The Morgan fingerprint density at radius 1 is 1.39 bits per heavy atom. The molecule has 23 heavy (non-hydrogen) atoms. The molecule has 1 saturated heterocycles. The van der Waals surface area contributed by atoms with Gasteiger partial charge in [-0.1, -0.05) is 6.07 Å². The first-order valence-corrected chi connectivity index (χ1v) is 7.90. The Morgan fingerprint density at radius 3 is 2.91 bits per heavy atom. The van der Waals surface area contributed by atoms with Gasteiger partial charge in [0, 0.05) is 18.3 Å². The second kappa shape index (κ2) is 6.02. The molecule has 2 aromatic rings. The van der Waals surface area contributed by atoms with Gasteiger partial charge in [0.1, 0.15) is 5.60 Å². The maximum atomic E-state index is 12.5. The maximum Gasteiger partial charge on any atom is 0.410 e. The lowest BCUT2D eigenvalue weighted by Crippen LogP contribution is -2.36. The Bertz CT molecular complexity index is 675. The van der Waals surface area contributed by atoms with E-state index in [0.29, 0.717) is 6.54 Å². The fraction of sp³-hybridized carbons (Fsp3) is 0.471. The molecule has 0 aromatic carbocycles. The second-order valence-electron chi connectivity index (χ2n) is 6.74. The minimum Gasteiger partial charge on any atom is -0.444 e. The van der Waals surface area contributed by atoms with Crippen molar-refractivity contribution in [3.05, 3.63) is 36.3 Å². The predicted molar refractivity (Wildman–Crippen MR) is 86.7 cm³/mol. The van der Waals surface area contributed by atoms with Gasteiger partial charge in [-0.3, -0.25) is 15.0 Å². The molecule has 6 heteroatoms. The van der Waals surface area contributed by atoms with Gasteiger partial charge in [0.15, 0.2) is 0 Å². The van der Waals surface area contributed by atoms with Crippen LogP contribution >= 0.6 is 0 Å². The largest absolute Gasteiger partial charge is 0.444 e. The summed E-state index contributed by atoms with van der Waals surface area (Å²) in [6, 6.07) is 5.72. The molecule has 1 atom stereocenters. The van der Waals surface area contributed by atoms with Crippen LogP contribution in [0.4, 0.5) is 4.79 Å². The summed E-state index contributed by atoms with van der Waals surface area (Å²) in [5, 5.41) is 7.22. The standard InChI is InChI=1S/C17H22N4O2/c1-17(2,3)23-16(22)21-10-6-8-14(21)15-12(11-19-20-15)13-7-4-5-9-18-13/h4-5,7,9,11,14H,6,8,10H2,1-3H3,(H,19,20)/t14-/m0/s1. The molecule has 6 nitrogen and oxygen atoms in total. The third kappa shape index (κ3) is 3.36. The first kappa shape index (κ1) is 15.5. The van der Waals surface area contributed by atoms with E-state index in [2.05, 4.69) is 15.2 Å². The van der Waals surface area contributed by atoms with E-state index in [1.165, 1.54) is 0 Å². The molecule has 1 N–H and O–H groups in total. The highest BCUT2D eigenvalue weighted by Gasteiger charge is 2.35. The highest BCUT2D eigenvalue weighted by Crippen LogP contribution is 2.36. The van der Waals surface area contributed by atoms with Gasteiger partial charge in [0.05, 0.1) is 23.6 Å². The minimum atomic E-state index is -0.498. The zero-order chi connectivity index (χ0) is 16.4. The van der Waals surface area contributed by atoms with Gasteiger partial charge in [-0.25, -0.2) is 4.79 Å². The zero-order valence-electron chi connectivity index (χ0n) is 13.7. The molecule has 1 aliphatic heterocycles. The molecule has 0 spiro atoms. The summed E-state index contributed by atoms with van der Waals surface area (Å²) in [6.45, 7) is 6.34. The number of rotatable bonds is 2. The van der Waals surface area contributed by atoms with Crippen LogP contribution in [0, 0.1) is 0 Å². The van der Waals surface area contributed by atoms with Gasteiger partial charge in [-0.15, -0.1) is 0 Å². The van der Waals surface area contributed by atoms with Gasteiger partial charge in [0.25, 0.3) is 0 Å². The lowest BCUT2D eigenvalue weighted by Gasteiger charge is -2.28. The van der Waals surface area contributed by atoms with Crippen LogP contribution in [0.1, 0.15) is 45.3 Å². The highest BCUT2D eigenvalue weighted by molar-refractivity contribution is 5.70. The van der Waals surface area contributed by atoms with Gasteiger partial charge in [-0.2, -0.15) is 5.10 Å². The number of nitrogens with zero attached hydrogens (tertiary/aromatic N) is 3. The molecule has 3 rings (SSSR count). The van der Waals surface area contributed by atoms with Gasteiger partial charge < -0.3 is 4.74 Å². The van der Waals surface area contributed by atoms with Crippen molar-refractivity contribution in [1.82, 2.24) is 20.1 Å². The number of pyridine rings is 1. The van der Waals surface area contributed by atoms with Crippen LogP contribution in [0.15, 0.2) is 30.6 Å². The van der Waals surface area contributed by atoms with Crippen LogP contribution in [0.25, 0.3) is 11.3 Å². The third-order valence-electron chi connectivity index (χ3n) is 3.82. The second-order valence-corrected chi connectivity index (χ2v) is 6.74. The van der Waals surface area contributed by atoms with Crippen LogP contribution in [0.2, 0.25) is 0 Å². The normalized spacial score (nSPS) is 18.2. The maximum absolute atomic E-state index is 12.5. The Balaban J connectivity index is 1.87. The van der Waals surface area contributed by atoms with E-state index >= 15 is 0 Å². The third-order valence-corrected chi connectivity index (χ3v) is 3.82. The van der Waals surface area contributed by atoms with Crippen molar-refractivity contribution >= 4 is 6.09 Å². The van der Waals surface area contributed by atoms with E-state index < -0.39 is 5.60 Å². The number of hydrogen-bond acceptors (Lipinski definition) is 4. The summed E-state index contributed by atoms with van der Waals surface area (Å²) in [7, 11) is 0. The molecule has 0 bridgehead atoms. The molecule has 0 radical (unpaired) electrons. The first-order chi connectivity index (χ1) is 11.0. The highest BCUT2D eigenvalue weighted by atomic mass is 16.6. The van der Waals surface area contributed by atoms with Gasteiger partial charge >= 0.3 is 6.09 Å². The molecule has 2 aromatic heterocycles. The topological polar surface area (TPSA) is 71.1 Å². The average Bonchev–Trinajstić information content (AvgIpc) is 3.15. The number of H-pyrrole nitrogens is 1. The van der Waals surface area contributed by atoms with Crippen molar-refractivity contribution < 1.29 is 9.53 Å². The number of ether oxygens (including phenoxy) is 1. The Kier molecular flexibility index (Phi) is 4.07. The molecule has 1 aliphatic rings. The van der Waals surface area contributed by atoms with E-state index in [0.717, 1.165) is 29.8 Å². The van der Waals surface area contributed by atoms with Gasteiger partial charge in [0.2, 0.25) is 0 Å². The average molecular weight is 314 g/mol. The summed E-state index contributed by atoms with van der Waals surface area (Å²) in [5.74, 6) is 0. The van der Waals surface area contributed by atoms with Crippen molar-refractivity contribution in [2.45, 2.75) is 45.3 Å². The zero-order valence-corrected chi connectivity index (χ0v) is 13.7. The Hall–Kier alpha value is -2.37. The number of carbonyl (C=O) groups excluding carboxylic acids is 1. The summed E-state index contributed by atoms with van der Waals surface area (Å²) in [5.41, 5.74) is 2.22. The van der Waals surface area contributed by atoms with E-state index in [-0.39, 0.29) is 12.1 Å². The molecular weight excluding hydrogens is 292 g/mol. The Labute approximate surface area is 135 Å². The van der Waals surface area contributed by atoms with Crippen LogP contribution in [-0.2, 0) is 4.74 Å². The van der Waals surface area contributed by atoms with E-state index in [9.17, 15) is 4.79 Å². The van der Waals surface area contributed by atoms with Crippen molar-refractivity contribution in [3.63, 3.8) is 0 Å². The quantitative estimate of drug-likeness (QED) is 0.920. The number of amides is 1. The van der Waals surface area contributed by atoms with Crippen LogP contribution < -0.4 is 0 Å². The molecule has 0 unspecified atom stereocenters. The number of likely N-dealkylation sites (tertiary alicyclic amines) is 1. The SMILES string of the molecule is CC(C)(C)OC(=O)N1CCC[C@H]1c1[nH]ncc1-c1ccccn1. The lowest BCUT2D eigenvalue weighted by atomic mass is 10.0. The fourth-order valence-electron chi connectivity index (χ4n) is 2.88. The molecule has 122 valence electrons. The van der Waals surface area contributed by atoms with Crippen LogP contribution in [-0.4, -0.2) is 38.3 Å². The van der Waals surface area contributed by atoms with Gasteiger partial charge in [-0.05, 0) is 45.7 Å². The van der Waals surface area contributed by atoms with E-state index in [4.69, 9.17) is 4.74 Å². The molecular formula is C17H22N4O2. The smallest absolute Gasteiger partial charge is 0.410 e. The van der Waals surface area contributed by atoms with Crippen LogP contribution in [0.3, 0.4) is 0 Å². The number of hydrogen-bond donors (Lipinski definition) is 1. The number of nitrogens with one attached hydrogen (secondary N) is 1. The molecule has 3 heterocycles. The van der Waals surface area contributed by atoms with Crippen molar-refractivity contribution in [1.29, 1.82) is 0 Å². The number of aromatic nitrogens is 3. The summed E-state index contributed by atoms with van der Waals surface area (Å²) in [4.78, 5) is 18.6. The fourth-order valence-corrected chi connectivity index (χ4v) is 2.88. The molecule has 0 saturated carbocycles. The Morgan fingerprint density at radius 2 is 2.22 bits per heavy atom. The lowest BCUT2D eigenvalue weighted by molar-refractivity contribution is 0.0222. The first-order valence-electron chi connectivity index (χ1n) is 7.90. The summed E-state index contributed by atoms with van der Waals surface area (Å²) in [6.07, 6.45) is 5.09. The minimum absolute atomic E-state index is 0.0515. The molecule has 1 amide bonds. The van der Waals surface area contributed by atoms with E-state index in [1.807, 2.05) is 39.0 Å². The van der Waals surface area contributed by atoms with E-state index in [1.54, 1.807) is 17.3 Å². The monoisotopic (exact) mass is 314 g/mol. The van der Waals surface area contributed by atoms with Crippen molar-refractivity contribution in [2.75, 3.05) is 6.54 Å². The van der Waals surface area contributed by atoms with Crippen molar-refractivity contribution in [3.8, 4) is 11.3 Å². The predicted octanol–water partition coefficient (Wildman–Crippen LogP) is 3.54.